The number of esters is 1. The Kier molecular flexibility index (Phi) is 4.04. The highest BCUT2D eigenvalue weighted by Gasteiger charge is 2.61. The molecule has 4 fully saturated rings. The van der Waals surface area contributed by atoms with E-state index in [0.29, 0.717) is 36.9 Å². The molecule has 1 aliphatic heterocycles. The Labute approximate surface area is 149 Å². The lowest BCUT2D eigenvalue weighted by atomic mass is 9.48. The molecule has 1 saturated heterocycles. The van der Waals surface area contributed by atoms with Crippen LogP contribution in [0.2, 0.25) is 0 Å². The van der Waals surface area contributed by atoms with E-state index in [2.05, 4.69) is 13.8 Å². The minimum Gasteiger partial charge on any atom is -0.462 e. The number of carbonyl (C=O) groups excluding carboxylic acids is 2. The van der Waals surface area contributed by atoms with Crippen molar-refractivity contribution in [3.63, 3.8) is 0 Å². The predicted molar refractivity (Wildman–Crippen MR) is 90.7 cm³/mol. The van der Waals surface area contributed by atoms with E-state index in [1.54, 1.807) is 0 Å². The molecule has 0 bridgehead atoms. The number of cyclic esters (lactones) is 2. The zero-order chi connectivity index (χ0) is 17.8. The van der Waals surface area contributed by atoms with Crippen molar-refractivity contribution >= 4 is 12.1 Å². The van der Waals surface area contributed by atoms with Gasteiger partial charge < -0.3 is 14.2 Å². The van der Waals surface area contributed by atoms with Gasteiger partial charge in [0.25, 0.3) is 0 Å². The maximum absolute atomic E-state index is 11.6. The Morgan fingerprint density at radius 1 is 1.04 bits per heavy atom. The fourth-order valence-electron chi connectivity index (χ4n) is 6.80. The summed E-state index contributed by atoms with van der Waals surface area (Å²) in [4.78, 5) is 23.1. The van der Waals surface area contributed by atoms with Gasteiger partial charge in [-0.3, -0.25) is 4.79 Å². The second kappa shape index (κ2) is 5.88. The topological polar surface area (TPSA) is 61.8 Å². The second-order valence-electron chi connectivity index (χ2n) is 9.23. The zero-order valence-electron chi connectivity index (χ0n) is 15.6. The van der Waals surface area contributed by atoms with Crippen LogP contribution >= 0.6 is 0 Å². The largest absolute Gasteiger partial charge is 0.508 e. The number of rotatable bonds is 1. The summed E-state index contributed by atoms with van der Waals surface area (Å²) >= 11 is 0. The highest BCUT2D eigenvalue weighted by atomic mass is 16.7. The highest BCUT2D eigenvalue weighted by molar-refractivity contribution is 5.66. The Morgan fingerprint density at radius 3 is 2.56 bits per heavy atom. The van der Waals surface area contributed by atoms with Gasteiger partial charge in [0.2, 0.25) is 0 Å². The summed E-state index contributed by atoms with van der Waals surface area (Å²) in [5, 5.41) is 0. The van der Waals surface area contributed by atoms with E-state index in [1.807, 2.05) is 0 Å². The summed E-state index contributed by atoms with van der Waals surface area (Å²) in [7, 11) is 0. The van der Waals surface area contributed by atoms with E-state index < -0.39 is 6.16 Å². The smallest absolute Gasteiger partial charge is 0.462 e. The van der Waals surface area contributed by atoms with Gasteiger partial charge in [-0.15, -0.1) is 0 Å². The van der Waals surface area contributed by atoms with Gasteiger partial charge in [0.1, 0.15) is 12.7 Å². The van der Waals surface area contributed by atoms with Crippen molar-refractivity contribution in [2.24, 2.45) is 34.5 Å². The van der Waals surface area contributed by atoms with Crippen LogP contribution in [0, 0.1) is 34.5 Å². The maximum Gasteiger partial charge on any atom is 0.508 e. The van der Waals surface area contributed by atoms with Crippen molar-refractivity contribution in [1.29, 1.82) is 0 Å². The molecule has 1 heterocycles. The van der Waals surface area contributed by atoms with Crippen molar-refractivity contribution in [2.75, 3.05) is 13.2 Å². The normalized spacial score (nSPS) is 48.9. The molecule has 0 aromatic rings. The number of ether oxygens (including phenoxy) is 3. The summed E-state index contributed by atoms with van der Waals surface area (Å²) < 4.78 is 16.4. The molecule has 4 rings (SSSR count). The number of fused-ring (bicyclic) bond motifs is 5. The third-order valence-corrected chi connectivity index (χ3v) is 8.19. The molecule has 0 spiro atoms. The molecular weight excluding hydrogens is 320 g/mol. The minimum absolute atomic E-state index is 0.00985. The monoisotopic (exact) mass is 350 g/mol. The second-order valence-corrected chi connectivity index (χ2v) is 9.23. The SMILES string of the molecule is CC(=O)OC1CCC2C3CCC4COC(=O)OCC4(C)C3CCC12C. The average molecular weight is 350 g/mol. The van der Waals surface area contributed by atoms with E-state index in [0.717, 1.165) is 32.1 Å². The standard InChI is InChI=1S/C20H30O5/c1-12(21)25-17-7-6-15-14-5-4-13-10-23-18(22)24-11-20(13,3)16(14)8-9-19(15,17)2/h13-17H,4-11H2,1-3H3. The van der Waals surface area contributed by atoms with E-state index in [9.17, 15) is 9.59 Å². The van der Waals surface area contributed by atoms with Crippen LogP contribution in [0.3, 0.4) is 0 Å². The van der Waals surface area contributed by atoms with Gasteiger partial charge in [0.05, 0.1) is 6.61 Å². The number of hydrogen-bond acceptors (Lipinski definition) is 5. The Morgan fingerprint density at radius 2 is 1.80 bits per heavy atom. The first-order valence-corrected chi connectivity index (χ1v) is 9.81. The molecule has 0 aromatic heterocycles. The van der Waals surface area contributed by atoms with Crippen LogP contribution in [0.5, 0.6) is 0 Å². The lowest BCUT2D eigenvalue weighted by Gasteiger charge is -2.57. The van der Waals surface area contributed by atoms with Crippen LogP contribution in [0.15, 0.2) is 0 Å². The van der Waals surface area contributed by atoms with Crippen molar-refractivity contribution in [3.05, 3.63) is 0 Å². The summed E-state index contributed by atoms with van der Waals surface area (Å²) in [5.41, 5.74) is 0.115. The van der Waals surface area contributed by atoms with E-state index >= 15 is 0 Å². The minimum atomic E-state index is -0.511. The van der Waals surface area contributed by atoms with Gasteiger partial charge in [-0.1, -0.05) is 13.8 Å². The maximum atomic E-state index is 11.6. The molecule has 25 heavy (non-hydrogen) atoms. The first-order valence-electron chi connectivity index (χ1n) is 9.81. The van der Waals surface area contributed by atoms with Crippen molar-refractivity contribution in [1.82, 2.24) is 0 Å². The zero-order valence-corrected chi connectivity index (χ0v) is 15.6. The fourth-order valence-corrected chi connectivity index (χ4v) is 6.80. The summed E-state index contributed by atoms with van der Waals surface area (Å²) in [5.74, 6) is 2.05. The summed E-state index contributed by atoms with van der Waals surface area (Å²) in [6.45, 7) is 7.14. The summed E-state index contributed by atoms with van der Waals surface area (Å²) in [6, 6.07) is 0. The molecule has 5 heteroatoms. The van der Waals surface area contributed by atoms with Crippen LogP contribution < -0.4 is 0 Å². The molecule has 3 aliphatic carbocycles. The Bertz CT molecular complexity index is 574. The molecule has 0 N–H and O–H groups in total. The van der Waals surface area contributed by atoms with Crippen molar-refractivity contribution in [2.45, 2.75) is 65.4 Å². The molecule has 7 unspecified atom stereocenters. The van der Waals surface area contributed by atoms with Gasteiger partial charge in [0, 0.05) is 23.7 Å². The molecule has 7 atom stereocenters. The molecular formula is C20H30O5. The third-order valence-electron chi connectivity index (χ3n) is 8.19. The molecule has 0 aromatic carbocycles. The molecule has 4 aliphatic rings. The van der Waals surface area contributed by atoms with Crippen LogP contribution in [0.25, 0.3) is 0 Å². The van der Waals surface area contributed by atoms with E-state index in [1.165, 1.54) is 13.3 Å². The molecule has 0 radical (unpaired) electrons. The number of carbonyl (C=O) groups is 2. The van der Waals surface area contributed by atoms with Gasteiger partial charge >= 0.3 is 12.1 Å². The van der Waals surface area contributed by atoms with Gasteiger partial charge in [-0.2, -0.15) is 0 Å². The van der Waals surface area contributed by atoms with E-state index in [4.69, 9.17) is 14.2 Å². The van der Waals surface area contributed by atoms with Crippen molar-refractivity contribution < 1.29 is 23.8 Å². The third kappa shape index (κ3) is 2.57. The van der Waals surface area contributed by atoms with E-state index in [-0.39, 0.29) is 22.9 Å². The van der Waals surface area contributed by atoms with Crippen LogP contribution in [0.4, 0.5) is 4.79 Å². The van der Waals surface area contributed by atoms with Crippen LogP contribution in [-0.2, 0) is 19.0 Å². The first kappa shape index (κ1) is 17.2. The van der Waals surface area contributed by atoms with Crippen LogP contribution in [0.1, 0.15) is 59.3 Å². The highest BCUT2D eigenvalue weighted by Crippen LogP contribution is 2.64. The molecule has 0 amide bonds. The van der Waals surface area contributed by atoms with Gasteiger partial charge in [0.15, 0.2) is 0 Å². The molecule has 3 saturated carbocycles. The average Bonchev–Trinajstić information content (AvgIpc) is 2.79. The summed E-state index contributed by atoms with van der Waals surface area (Å²) in [6.07, 6.45) is 6.19. The van der Waals surface area contributed by atoms with Gasteiger partial charge in [-0.25, -0.2) is 4.79 Å². The predicted octanol–water partition coefficient (Wildman–Crippen LogP) is 3.94. The van der Waals surface area contributed by atoms with Crippen LogP contribution in [-0.4, -0.2) is 31.4 Å². The van der Waals surface area contributed by atoms with Gasteiger partial charge in [-0.05, 0) is 56.3 Å². The van der Waals surface area contributed by atoms with Crippen molar-refractivity contribution in [3.8, 4) is 0 Å². The molecule has 5 nitrogen and oxygen atoms in total. The quantitative estimate of drug-likeness (QED) is 0.670. The number of hydrogen-bond donors (Lipinski definition) is 0. The first-order chi connectivity index (χ1) is 11.8. The lowest BCUT2D eigenvalue weighted by Crippen LogP contribution is -2.54. The fraction of sp³-hybridized carbons (Fsp3) is 0.900. The Hall–Kier alpha value is -1.26. The lowest BCUT2D eigenvalue weighted by molar-refractivity contribution is -0.161. The Balaban J connectivity index is 1.59. The molecule has 140 valence electrons.